The molecular weight excluding hydrogens is 265 g/mol. The summed E-state index contributed by atoms with van der Waals surface area (Å²) in [6.45, 7) is 6.04. The topological polar surface area (TPSA) is 38.3 Å². The van der Waals surface area contributed by atoms with E-state index in [4.69, 9.17) is 4.74 Å². The van der Waals surface area contributed by atoms with Gasteiger partial charge in [0.2, 0.25) is 0 Å². The van der Waals surface area contributed by atoms with E-state index in [2.05, 4.69) is 5.32 Å². The maximum absolute atomic E-state index is 13.5. The second-order valence-electron chi connectivity index (χ2n) is 4.37. The van der Waals surface area contributed by atoms with Gasteiger partial charge in [-0.1, -0.05) is 26.0 Å². The zero-order valence-electron chi connectivity index (χ0n) is 11.5. The van der Waals surface area contributed by atoms with Crippen LogP contribution in [0.2, 0.25) is 0 Å². The third-order valence-corrected chi connectivity index (χ3v) is 3.49. The number of thioether (sulfide) groups is 1. The van der Waals surface area contributed by atoms with Crippen LogP contribution in [0.25, 0.3) is 0 Å². The highest BCUT2D eigenvalue weighted by Gasteiger charge is 2.21. The zero-order chi connectivity index (χ0) is 14.3. The summed E-state index contributed by atoms with van der Waals surface area (Å²) in [5.74, 6) is -0.113. The lowest BCUT2D eigenvalue weighted by molar-refractivity contribution is -0.145. The average molecular weight is 285 g/mol. The molecule has 0 bridgehead atoms. The molecule has 19 heavy (non-hydrogen) atoms. The highest BCUT2D eigenvalue weighted by molar-refractivity contribution is 7.99. The first kappa shape index (κ1) is 16.0. The number of hydrogen-bond acceptors (Lipinski definition) is 4. The van der Waals surface area contributed by atoms with Gasteiger partial charge in [0.15, 0.2) is 0 Å². The van der Waals surface area contributed by atoms with Crippen molar-refractivity contribution < 1.29 is 13.9 Å². The third kappa shape index (κ3) is 5.61. The van der Waals surface area contributed by atoms with Gasteiger partial charge in [0, 0.05) is 16.7 Å². The molecule has 0 fully saturated rings. The van der Waals surface area contributed by atoms with Gasteiger partial charge >= 0.3 is 5.97 Å². The first-order valence-electron chi connectivity index (χ1n) is 6.34. The molecule has 1 unspecified atom stereocenters. The number of esters is 1. The summed E-state index contributed by atoms with van der Waals surface area (Å²) in [7, 11) is 0. The summed E-state index contributed by atoms with van der Waals surface area (Å²) >= 11 is 1.31. The summed E-state index contributed by atoms with van der Waals surface area (Å²) in [6.07, 6.45) is 0. The van der Waals surface area contributed by atoms with E-state index in [0.29, 0.717) is 17.3 Å². The van der Waals surface area contributed by atoms with Crippen LogP contribution < -0.4 is 5.32 Å². The van der Waals surface area contributed by atoms with Crippen LogP contribution in [0.15, 0.2) is 29.2 Å². The van der Waals surface area contributed by atoms with Crippen molar-refractivity contribution in [2.24, 2.45) is 0 Å². The highest BCUT2D eigenvalue weighted by atomic mass is 32.2. The Morgan fingerprint density at radius 2 is 2.11 bits per heavy atom. The number of rotatable bonds is 7. The van der Waals surface area contributed by atoms with Crippen LogP contribution in [0.5, 0.6) is 0 Å². The van der Waals surface area contributed by atoms with Gasteiger partial charge in [-0.15, -0.1) is 11.8 Å². The van der Waals surface area contributed by atoms with Gasteiger partial charge in [0.05, 0.1) is 6.61 Å². The number of benzene rings is 1. The molecule has 0 heterocycles. The molecule has 0 aliphatic heterocycles. The smallest absolute Gasteiger partial charge is 0.324 e. The Balaban J connectivity index is 2.62. The molecular formula is C14H20FNO2S. The maximum Gasteiger partial charge on any atom is 0.324 e. The Hall–Kier alpha value is -1.07. The molecule has 0 saturated heterocycles. The average Bonchev–Trinajstić information content (AvgIpc) is 2.36. The van der Waals surface area contributed by atoms with Crippen molar-refractivity contribution in [3.8, 4) is 0 Å². The van der Waals surface area contributed by atoms with E-state index < -0.39 is 6.04 Å². The van der Waals surface area contributed by atoms with Crippen LogP contribution >= 0.6 is 11.8 Å². The van der Waals surface area contributed by atoms with Gasteiger partial charge in [-0.05, 0) is 19.1 Å². The minimum Gasteiger partial charge on any atom is -0.465 e. The van der Waals surface area contributed by atoms with Crippen molar-refractivity contribution in [2.75, 3.05) is 12.4 Å². The fraction of sp³-hybridized carbons (Fsp3) is 0.500. The molecule has 1 rings (SSSR count). The first-order chi connectivity index (χ1) is 9.04. The first-order valence-corrected chi connectivity index (χ1v) is 7.33. The Bertz CT molecular complexity index is 412. The second-order valence-corrected chi connectivity index (χ2v) is 5.43. The summed E-state index contributed by atoms with van der Waals surface area (Å²) in [6, 6.07) is 6.28. The van der Waals surface area contributed by atoms with Crippen LogP contribution in [-0.4, -0.2) is 30.4 Å². The van der Waals surface area contributed by atoms with E-state index in [1.165, 1.54) is 17.8 Å². The standard InChI is InChI=1S/C14H20FNO2S/c1-4-18-14(17)12(16-10(2)3)9-19-13-8-6-5-7-11(13)15/h5-8,10,12,16H,4,9H2,1-3H3. The van der Waals surface area contributed by atoms with Crippen LogP contribution in [-0.2, 0) is 9.53 Å². The molecule has 0 spiro atoms. The minimum absolute atomic E-state index is 0.163. The van der Waals surface area contributed by atoms with E-state index in [-0.39, 0.29) is 17.8 Å². The van der Waals surface area contributed by atoms with E-state index in [0.717, 1.165) is 0 Å². The van der Waals surface area contributed by atoms with Gasteiger partial charge in [0.1, 0.15) is 11.9 Å². The summed E-state index contributed by atoms with van der Waals surface area (Å²) in [5.41, 5.74) is 0. The molecule has 1 aromatic carbocycles. The van der Waals surface area contributed by atoms with Crippen LogP contribution in [0, 0.1) is 5.82 Å². The van der Waals surface area contributed by atoms with Gasteiger partial charge < -0.3 is 10.1 Å². The molecule has 0 saturated carbocycles. The predicted molar refractivity (Wildman–Crippen MR) is 75.8 cm³/mol. The summed E-state index contributed by atoms with van der Waals surface area (Å²) < 4.78 is 18.5. The van der Waals surface area contributed by atoms with Crippen molar-refractivity contribution >= 4 is 17.7 Å². The molecule has 0 aliphatic rings. The molecule has 1 aromatic rings. The molecule has 0 radical (unpaired) electrons. The van der Waals surface area contributed by atoms with E-state index in [1.807, 2.05) is 13.8 Å². The van der Waals surface area contributed by atoms with E-state index >= 15 is 0 Å². The Morgan fingerprint density at radius 3 is 2.68 bits per heavy atom. The molecule has 1 atom stereocenters. The molecule has 5 heteroatoms. The number of hydrogen-bond donors (Lipinski definition) is 1. The highest BCUT2D eigenvalue weighted by Crippen LogP contribution is 2.22. The Labute approximate surface area is 117 Å². The van der Waals surface area contributed by atoms with Crippen molar-refractivity contribution in [1.82, 2.24) is 5.32 Å². The van der Waals surface area contributed by atoms with Crippen LogP contribution in [0.4, 0.5) is 4.39 Å². The van der Waals surface area contributed by atoms with E-state index in [1.54, 1.807) is 25.1 Å². The summed E-state index contributed by atoms with van der Waals surface area (Å²) in [4.78, 5) is 12.3. The number of halogens is 1. The van der Waals surface area contributed by atoms with Crippen molar-refractivity contribution in [2.45, 2.75) is 37.8 Å². The lowest BCUT2D eigenvalue weighted by Gasteiger charge is -2.19. The monoisotopic (exact) mass is 285 g/mol. The minimum atomic E-state index is -0.426. The predicted octanol–water partition coefficient (Wildman–Crippen LogP) is 2.85. The zero-order valence-corrected chi connectivity index (χ0v) is 12.3. The Kier molecular flexibility index (Phi) is 6.87. The van der Waals surface area contributed by atoms with Crippen molar-refractivity contribution in [1.29, 1.82) is 0 Å². The quantitative estimate of drug-likeness (QED) is 0.617. The second kappa shape index (κ2) is 8.17. The maximum atomic E-state index is 13.5. The largest absolute Gasteiger partial charge is 0.465 e. The summed E-state index contributed by atoms with van der Waals surface area (Å²) in [5, 5.41) is 3.14. The molecule has 0 aromatic heterocycles. The molecule has 0 aliphatic carbocycles. The number of carbonyl (C=O) groups is 1. The van der Waals surface area contributed by atoms with Crippen LogP contribution in [0.1, 0.15) is 20.8 Å². The van der Waals surface area contributed by atoms with Crippen molar-refractivity contribution in [3.05, 3.63) is 30.1 Å². The fourth-order valence-corrected chi connectivity index (χ4v) is 2.52. The van der Waals surface area contributed by atoms with Gasteiger partial charge in [0.25, 0.3) is 0 Å². The molecule has 1 N–H and O–H groups in total. The lowest BCUT2D eigenvalue weighted by Crippen LogP contribution is -2.43. The number of ether oxygens (including phenoxy) is 1. The van der Waals surface area contributed by atoms with Crippen molar-refractivity contribution in [3.63, 3.8) is 0 Å². The van der Waals surface area contributed by atoms with Crippen LogP contribution in [0.3, 0.4) is 0 Å². The van der Waals surface area contributed by atoms with Gasteiger partial charge in [-0.25, -0.2) is 4.39 Å². The molecule has 106 valence electrons. The lowest BCUT2D eigenvalue weighted by atomic mass is 10.3. The number of nitrogens with one attached hydrogen (secondary N) is 1. The third-order valence-electron chi connectivity index (χ3n) is 2.35. The molecule has 3 nitrogen and oxygen atoms in total. The normalized spacial score (nSPS) is 12.5. The van der Waals surface area contributed by atoms with E-state index in [9.17, 15) is 9.18 Å². The van der Waals surface area contributed by atoms with Gasteiger partial charge in [-0.2, -0.15) is 0 Å². The number of carbonyl (C=O) groups excluding carboxylic acids is 1. The molecule has 0 amide bonds. The fourth-order valence-electron chi connectivity index (χ4n) is 1.56. The SMILES string of the molecule is CCOC(=O)C(CSc1ccccc1F)NC(C)C. The van der Waals surface area contributed by atoms with Gasteiger partial charge in [-0.3, -0.25) is 4.79 Å². The Morgan fingerprint density at radius 1 is 1.42 bits per heavy atom.